The van der Waals surface area contributed by atoms with Gasteiger partial charge in [-0.2, -0.15) is 5.26 Å². The molecule has 0 bridgehead atoms. The average molecular weight is 270 g/mol. The van der Waals surface area contributed by atoms with Crippen LogP contribution in [0.1, 0.15) is 16.8 Å². The van der Waals surface area contributed by atoms with E-state index in [2.05, 4.69) is 4.98 Å². The number of methoxy groups -OCH3 is 1. The van der Waals surface area contributed by atoms with E-state index in [9.17, 15) is 5.11 Å². The second kappa shape index (κ2) is 6.55. The first-order valence-electron chi connectivity index (χ1n) is 6.03. The van der Waals surface area contributed by atoms with Crippen molar-refractivity contribution in [2.75, 3.05) is 7.11 Å². The highest BCUT2D eigenvalue weighted by molar-refractivity contribution is 5.40. The molecule has 0 fully saturated rings. The van der Waals surface area contributed by atoms with Gasteiger partial charge in [0.05, 0.1) is 13.7 Å². The molecule has 1 heterocycles. The molecule has 5 heteroatoms. The molecule has 102 valence electrons. The van der Waals surface area contributed by atoms with Crippen LogP contribution in [0.3, 0.4) is 0 Å². The number of rotatable bonds is 5. The van der Waals surface area contributed by atoms with Gasteiger partial charge in [0.25, 0.3) is 0 Å². The van der Waals surface area contributed by atoms with Crippen LogP contribution in [0.15, 0.2) is 36.5 Å². The minimum atomic E-state index is -0.148. The Morgan fingerprint density at radius 3 is 2.85 bits per heavy atom. The molecule has 20 heavy (non-hydrogen) atoms. The molecule has 0 unspecified atom stereocenters. The molecule has 0 aliphatic carbocycles. The third-order valence-electron chi connectivity index (χ3n) is 2.82. The summed E-state index contributed by atoms with van der Waals surface area (Å²) in [6.07, 6.45) is 1.56. The fourth-order valence-electron chi connectivity index (χ4n) is 1.76. The number of pyridine rings is 1. The van der Waals surface area contributed by atoms with Crippen molar-refractivity contribution in [1.29, 1.82) is 5.26 Å². The smallest absolute Gasteiger partial charge is 0.147 e. The van der Waals surface area contributed by atoms with Crippen LogP contribution in [-0.2, 0) is 13.2 Å². The summed E-state index contributed by atoms with van der Waals surface area (Å²) in [6.45, 7) is 0.0702. The summed E-state index contributed by atoms with van der Waals surface area (Å²) >= 11 is 0. The van der Waals surface area contributed by atoms with E-state index in [1.165, 1.54) is 0 Å². The van der Waals surface area contributed by atoms with Gasteiger partial charge in [-0.15, -0.1) is 0 Å². The number of hydrogen-bond donors (Lipinski definition) is 1. The molecule has 0 saturated carbocycles. The van der Waals surface area contributed by atoms with Crippen molar-refractivity contribution >= 4 is 0 Å². The monoisotopic (exact) mass is 270 g/mol. The number of aromatic nitrogens is 1. The topological polar surface area (TPSA) is 75.4 Å². The minimum absolute atomic E-state index is 0.148. The zero-order chi connectivity index (χ0) is 14.4. The summed E-state index contributed by atoms with van der Waals surface area (Å²) in [6, 6.07) is 10.7. The Morgan fingerprint density at radius 2 is 2.15 bits per heavy atom. The molecule has 0 saturated heterocycles. The van der Waals surface area contributed by atoms with Crippen molar-refractivity contribution in [3.8, 4) is 17.6 Å². The van der Waals surface area contributed by atoms with Gasteiger partial charge in [-0.1, -0.05) is 6.07 Å². The van der Waals surface area contributed by atoms with Crippen LogP contribution in [-0.4, -0.2) is 17.2 Å². The lowest BCUT2D eigenvalue weighted by Crippen LogP contribution is -2.02. The Kier molecular flexibility index (Phi) is 4.53. The van der Waals surface area contributed by atoms with Gasteiger partial charge >= 0.3 is 0 Å². The number of aliphatic hydroxyl groups excluding tert-OH is 1. The quantitative estimate of drug-likeness (QED) is 0.899. The van der Waals surface area contributed by atoms with E-state index in [1.807, 2.05) is 6.07 Å². The molecule has 0 amide bonds. The van der Waals surface area contributed by atoms with Crippen LogP contribution in [0.4, 0.5) is 0 Å². The van der Waals surface area contributed by atoms with Crippen LogP contribution < -0.4 is 9.47 Å². The van der Waals surface area contributed by atoms with Crippen LogP contribution in [0, 0.1) is 11.3 Å². The van der Waals surface area contributed by atoms with Gasteiger partial charge in [-0.05, 0) is 24.3 Å². The van der Waals surface area contributed by atoms with Crippen molar-refractivity contribution in [1.82, 2.24) is 4.98 Å². The SMILES string of the molecule is COc1ccc(OCc2cccnc2C#N)c(CO)c1. The van der Waals surface area contributed by atoms with Crippen molar-refractivity contribution in [2.24, 2.45) is 0 Å². The molecule has 2 aromatic rings. The zero-order valence-corrected chi connectivity index (χ0v) is 11.0. The highest BCUT2D eigenvalue weighted by Gasteiger charge is 2.07. The second-order valence-electron chi connectivity index (χ2n) is 4.04. The van der Waals surface area contributed by atoms with Gasteiger partial charge in [0.1, 0.15) is 29.9 Å². The first-order chi connectivity index (χ1) is 9.78. The molecule has 1 aromatic carbocycles. The number of aliphatic hydroxyl groups is 1. The highest BCUT2D eigenvalue weighted by Crippen LogP contribution is 2.25. The Morgan fingerprint density at radius 1 is 1.30 bits per heavy atom. The van der Waals surface area contributed by atoms with Gasteiger partial charge < -0.3 is 14.6 Å². The Labute approximate surface area is 117 Å². The van der Waals surface area contributed by atoms with Gasteiger partial charge in [-0.25, -0.2) is 4.98 Å². The van der Waals surface area contributed by atoms with E-state index in [0.717, 1.165) is 0 Å². The van der Waals surface area contributed by atoms with E-state index < -0.39 is 0 Å². The predicted molar refractivity (Wildman–Crippen MR) is 72.2 cm³/mol. The summed E-state index contributed by atoms with van der Waals surface area (Å²) in [7, 11) is 1.56. The lowest BCUT2D eigenvalue weighted by Gasteiger charge is -2.12. The first kappa shape index (κ1) is 13.8. The van der Waals surface area contributed by atoms with Crippen molar-refractivity contribution in [3.63, 3.8) is 0 Å². The van der Waals surface area contributed by atoms with Gasteiger partial charge in [-0.3, -0.25) is 0 Å². The van der Waals surface area contributed by atoms with E-state index >= 15 is 0 Å². The highest BCUT2D eigenvalue weighted by atomic mass is 16.5. The lowest BCUT2D eigenvalue weighted by molar-refractivity contribution is 0.257. The van der Waals surface area contributed by atoms with E-state index in [4.69, 9.17) is 14.7 Å². The molecule has 0 aliphatic heterocycles. The largest absolute Gasteiger partial charge is 0.497 e. The first-order valence-corrected chi connectivity index (χ1v) is 6.03. The maximum absolute atomic E-state index is 9.34. The van der Waals surface area contributed by atoms with E-state index in [0.29, 0.717) is 28.3 Å². The number of ether oxygens (including phenoxy) is 2. The van der Waals surface area contributed by atoms with E-state index in [-0.39, 0.29) is 13.2 Å². The maximum Gasteiger partial charge on any atom is 0.147 e. The van der Waals surface area contributed by atoms with Crippen molar-refractivity contribution in [2.45, 2.75) is 13.2 Å². The predicted octanol–water partition coefficient (Wildman–Crippen LogP) is 2.03. The number of nitrogens with zero attached hydrogens (tertiary/aromatic N) is 2. The third-order valence-corrected chi connectivity index (χ3v) is 2.82. The summed E-state index contributed by atoms with van der Waals surface area (Å²) in [5.41, 5.74) is 1.67. The lowest BCUT2D eigenvalue weighted by atomic mass is 10.2. The third kappa shape index (κ3) is 3.05. The molecule has 0 aliphatic rings. The second-order valence-corrected chi connectivity index (χ2v) is 4.04. The number of benzene rings is 1. The summed E-state index contributed by atoms with van der Waals surface area (Å²) < 4.78 is 10.7. The molecule has 0 atom stereocenters. The Balaban J connectivity index is 2.17. The van der Waals surface area contributed by atoms with Gasteiger partial charge in [0, 0.05) is 17.3 Å². The fourth-order valence-corrected chi connectivity index (χ4v) is 1.76. The summed E-state index contributed by atoms with van der Waals surface area (Å²) in [5, 5.41) is 18.3. The van der Waals surface area contributed by atoms with E-state index in [1.54, 1.807) is 43.6 Å². The van der Waals surface area contributed by atoms with Crippen LogP contribution in [0.5, 0.6) is 11.5 Å². The molecular weight excluding hydrogens is 256 g/mol. The van der Waals surface area contributed by atoms with Crippen LogP contribution in [0.25, 0.3) is 0 Å². The maximum atomic E-state index is 9.34. The molecule has 0 spiro atoms. The minimum Gasteiger partial charge on any atom is -0.497 e. The molecule has 1 N–H and O–H groups in total. The van der Waals surface area contributed by atoms with Crippen molar-refractivity contribution < 1.29 is 14.6 Å². The van der Waals surface area contributed by atoms with Crippen LogP contribution in [0.2, 0.25) is 0 Å². The summed E-state index contributed by atoms with van der Waals surface area (Å²) in [4.78, 5) is 3.97. The molecular formula is C15H14N2O3. The number of nitriles is 1. The molecule has 2 rings (SSSR count). The molecule has 5 nitrogen and oxygen atoms in total. The molecule has 1 aromatic heterocycles. The number of hydrogen-bond acceptors (Lipinski definition) is 5. The standard InChI is InChI=1S/C15H14N2O3/c1-19-13-4-5-15(12(7-13)9-18)20-10-11-3-2-6-17-14(11)8-16/h2-7,18H,9-10H2,1H3. The summed E-state index contributed by atoms with van der Waals surface area (Å²) in [5.74, 6) is 1.21. The Hall–Kier alpha value is -2.58. The van der Waals surface area contributed by atoms with Crippen molar-refractivity contribution in [3.05, 3.63) is 53.3 Å². The Bertz CT molecular complexity index is 635. The van der Waals surface area contributed by atoms with Gasteiger partial charge in [0.2, 0.25) is 0 Å². The zero-order valence-electron chi connectivity index (χ0n) is 11.0. The fraction of sp³-hybridized carbons (Fsp3) is 0.200. The molecule has 0 radical (unpaired) electrons. The van der Waals surface area contributed by atoms with Crippen LogP contribution >= 0.6 is 0 Å². The average Bonchev–Trinajstić information content (AvgIpc) is 2.52. The normalized spacial score (nSPS) is 9.85. The van der Waals surface area contributed by atoms with Gasteiger partial charge in [0.15, 0.2) is 0 Å².